The zero-order chi connectivity index (χ0) is 14.4. The van der Waals surface area contributed by atoms with Crippen LogP contribution in [0.25, 0.3) is 0 Å². The van der Waals surface area contributed by atoms with Crippen LogP contribution in [-0.4, -0.2) is 49.8 Å². The first-order chi connectivity index (χ1) is 9.74. The van der Waals surface area contributed by atoms with E-state index in [9.17, 15) is 0 Å². The molecule has 1 aliphatic heterocycles. The monoisotopic (exact) mass is 282 g/mol. The third-order valence-electron chi connectivity index (χ3n) is 5.36. The number of hydrogen-bond acceptors (Lipinski definition) is 3. The Labute approximate surface area is 125 Å². The zero-order valence-electron chi connectivity index (χ0n) is 13.7. The summed E-state index contributed by atoms with van der Waals surface area (Å²) in [6, 6.07) is 1.44. The van der Waals surface area contributed by atoms with E-state index in [0.29, 0.717) is 12.1 Å². The van der Waals surface area contributed by atoms with E-state index >= 15 is 0 Å². The lowest BCUT2D eigenvalue weighted by Crippen LogP contribution is -2.49. The fourth-order valence-electron chi connectivity index (χ4n) is 3.98. The molecule has 118 valence electrons. The van der Waals surface area contributed by atoms with Gasteiger partial charge in [0.05, 0.1) is 6.10 Å². The summed E-state index contributed by atoms with van der Waals surface area (Å²) < 4.78 is 5.60. The fraction of sp³-hybridized carbons (Fsp3) is 1.00. The van der Waals surface area contributed by atoms with Crippen LogP contribution in [0.3, 0.4) is 0 Å². The summed E-state index contributed by atoms with van der Waals surface area (Å²) in [5.74, 6) is 0.832. The van der Waals surface area contributed by atoms with E-state index in [1.165, 1.54) is 58.0 Å². The van der Waals surface area contributed by atoms with Crippen LogP contribution in [-0.2, 0) is 4.74 Å². The Morgan fingerprint density at radius 1 is 1.25 bits per heavy atom. The van der Waals surface area contributed by atoms with Crippen molar-refractivity contribution < 1.29 is 4.74 Å². The predicted molar refractivity (Wildman–Crippen MR) is 85.1 cm³/mol. The highest BCUT2D eigenvalue weighted by atomic mass is 16.5. The van der Waals surface area contributed by atoms with Gasteiger partial charge in [-0.1, -0.05) is 6.92 Å². The maximum atomic E-state index is 5.60. The molecule has 0 aromatic rings. The highest BCUT2D eigenvalue weighted by Crippen LogP contribution is 2.29. The molecule has 20 heavy (non-hydrogen) atoms. The number of likely N-dealkylation sites (tertiary alicyclic amines) is 1. The molecule has 1 saturated heterocycles. The molecular weight excluding hydrogens is 248 g/mol. The van der Waals surface area contributed by atoms with Crippen molar-refractivity contribution in [1.29, 1.82) is 0 Å². The van der Waals surface area contributed by atoms with E-state index in [0.717, 1.165) is 18.5 Å². The van der Waals surface area contributed by atoms with Crippen LogP contribution in [0.4, 0.5) is 0 Å². The number of hydrogen-bond donors (Lipinski definition) is 1. The fourth-order valence-corrected chi connectivity index (χ4v) is 3.98. The molecule has 2 rings (SSSR count). The average molecular weight is 282 g/mol. The molecule has 4 unspecified atom stereocenters. The second-order valence-corrected chi connectivity index (χ2v) is 6.82. The summed E-state index contributed by atoms with van der Waals surface area (Å²) in [6.45, 7) is 8.38. The highest BCUT2D eigenvalue weighted by molar-refractivity contribution is 4.87. The standard InChI is InChI=1S/C17H34N2O/c1-4-10-18-14(2)15-7-6-11-19(13-15)16-8-5-9-17(12-16)20-3/h14-18H,4-13H2,1-3H3. The molecule has 0 aromatic heterocycles. The molecule has 1 aliphatic carbocycles. The largest absolute Gasteiger partial charge is 0.381 e. The molecule has 0 radical (unpaired) electrons. The van der Waals surface area contributed by atoms with Crippen molar-refractivity contribution in [3.63, 3.8) is 0 Å². The lowest BCUT2D eigenvalue weighted by molar-refractivity contribution is 0.0122. The minimum absolute atomic E-state index is 0.504. The average Bonchev–Trinajstić information content (AvgIpc) is 2.52. The van der Waals surface area contributed by atoms with Crippen LogP contribution >= 0.6 is 0 Å². The Kier molecular flexibility index (Phi) is 6.79. The van der Waals surface area contributed by atoms with Gasteiger partial charge in [-0.2, -0.15) is 0 Å². The summed E-state index contributed by atoms with van der Waals surface area (Å²) >= 11 is 0. The van der Waals surface area contributed by atoms with Crippen molar-refractivity contribution in [2.75, 3.05) is 26.7 Å². The zero-order valence-corrected chi connectivity index (χ0v) is 13.7. The van der Waals surface area contributed by atoms with E-state index in [2.05, 4.69) is 24.1 Å². The lowest BCUT2D eigenvalue weighted by atomic mass is 9.86. The molecule has 1 heterocycles. The van der Waals surface area contributed by atoms with Crippen molar-refractivity contribution >= 4 is 0 Å². The van der Waals surface area contributed by atoms with Crippen LogP contribution in [0.1, 0.15) is 58.8 Å². The summed E-state index contributed by atoms with van der Waals surface area (Å²) in [6.07, 6.45) is 9.74. The minimum atomic E-state index is 0.504. The van der Waals surface area contributed by atoms with Crippen molar-refractivity contribution in [3.8, 4) is 0 Å². The Morgan fingerprint density at radius 2 is 2.10 bits per heavy atom. The minimum Gasteiger partial charge on any atom is -0.381 e. The van der Waals surface area contributed by atoms with Gasteiger partial charge >= 0.3 is 0 Å². The summed E-state index contributed by atoms with van der Waals surface area (Å²) in [7, 11) is 1.88. The Morgan fingerprint density at radius 3 is 2.85 bits per heavy atom. The molecule has 3 heteroatoms. The quantitative estimate of drug-likeness (QED) is 0.810. The maximum absolute atomic E-state index is 5.60. The van der Waals surface area contributed by atoms with Crippen LogP contribution in [0.15, 0.2) is 0 Å². The number of ether oxygens (including phenoxy) is 1. The first-order valence-electron chi connectivity index (χ1n) is 8.74. The molecule has 1 saturated carbocycles. The number of piperidine rings is 1. The second kappa shape index (κ2) is 8.35. The SMILES string of the molecule is CCCNC(C)C1CCCN(C2CCCC(OC)C2)C1. The van der Waals surface area contributed by atoms with Gasteiger partial charge < -0.3 is 10.1 Å². The molecule has 2 fully saturated rings. The molecule has 0 amide bonds. The second-order valence-electron chi connectivity index (χ2n) is 6.82. The number of rotatable bonds is 6. The third kappa shape index (κ3) is 4.44. The molecule has 2 aliphatic rings. The van der Waals surface area contributed by atoms with Gasteiger partial charge in [-0.25, -0.2) is 0 Å². The van der Waals surface area contributed by atoms with Crippen LogP contribution < -0.4 is 5.32 Å². The Hall–Kier alpha value is -0.120. The predicted octanol–water partition coefficient (Wildman–Crippen LogP) is 3.04. The van der Waals surface area contributed by atoms with Crippen molar-refractivity contribution in [2.45, 2.75) is 77.0 Å². The van der Waals surface area contributed by atoms with E-state index in [4.69, 9.17) is 4.74 Å². The first kappa shape index (κ1) is 16.3. The van der Waals surface area contributed by atoms with Crippen LogP contribution in [0, 0.1) is 5.92 Å². The molecule has 4 atom stereocenters. The van der Waals surface area contributed by atoms with Gasteiger partial charge in [0.1, 0.15) is 0 Å². The van der Waals surface area contributed by atoms with E-state index in [1.807, 2.05) is 7.11 Å². The van der Waals surface area contributed by atoms with E-state index in [1.54, 1.807) is 0 Å². The maximum Gasteiger partial charge on any atom is 0.0586 e. The van der Waals surface area contributed by atoms with Gasteiger partial charge in [-0.05, 0) is 70.9 Å². The van der Waals surface area contributed by atoms with Gasteiger partial charge in [0, 0.05) is 25.7 Å². The van der Waals surface area contributed by atoms with Crippen molar-refractivity contribution in [3.05, 3.63) is 0 Å². The first-order valence-corrected chi connectivity index (χ1v) is 8.74. The summed E-state index contributed by atoms with van der Waals surface area (Å²) in [5, 5.41) is 3.69. The smallest absolute Gasteiger partial charge is 0.0586 e. The molecule has 1 N–H and O–H groups in total. The number of nitrogens with one attached hydrogen (secondary N) is 1. The van der Waals surface area contributed by atoms with Crippen LogP contribution in [0.2, 0.25) is 0 Å². The lowest BCUT2D eigenvalue weighted by Gasteiger charge is -2.43. The Bertz CT molecular complexity index is 272. The van der Waals surface area contributed by atoms with Gasteiger partial charge in [0.2, 0.25) is 0 Å². The van der Waals surface area contributed by atoms with Gasteiger partial charge in [0.25, 0.3) is 0 Å². The Balaban J connectivity index is 1.83. The van der Waals surface area contributed by atoms with Gasteiger partial charge in [-0.3, -0.25) is 4.90 Å². The highest BCUT2D eigenvalue weighted by Gasteiger charge is 2.31. The van der Waals surface area contributed by atoms with Gasteiger partial charge in [0.15, 0.2) is 0 Å². The molecule has 0 bridgehead atoms. The number of nitrogens with zero attached hydrogens (tertiary/aromatic N) is 1. The third-order valence-corrected chi connectivity index (χ3v) is 5.36. The van der Waals surface area contributed by atoms with Crippen LogP contribution in [0.5, 0.6) is 0 Å². The summed E-state index contributed by atoms with van der Waals surface area (Å²) in [5.41, 5.74) is 0. The molecule has 0 aromatic carbocycles. The van der Waals surface area contributed by atoms with Crippen molar-refractivity contribution in [2.24, 2.45) is 5.92 Å². The van der Waals surface area contributed by atoms with E-state index < -0.39 is 0 Å². The molecular formula is C17H34N2O. The van der Waals surface area contributed by atoms with Gasteiger partial charge in [-0.15, -0.1) is 0 Å². The topological polar surface area (TPSA) is 24.5 Å². The summed E-state index contributed by atoms with van der Waals surface area (Å²) in [4.78, 5) is 2.77. The van der Waals surface area contributed by atoms with E-state index in [-0.39, 0.29) is 0 Å². The van der Waals surface area contributed by atoms with Crippen molar-refractivity contribution in [1.82, 2.24) is 10.2 Å². The normalized spacial score (nSPS) is 34.0. The molecule has 0 spiro atoms. The molecule has 3 nitrogen and oxygen atoms in total. The number of methoxy groups -OCH3 is 1.